The van der Waals surface area contributed by atoms with Crippen LogP contribution in [0.1, 0.15) is 17.2 Å². The Bertz CT molecular complexity index is 500. The molecule has 4 heteroatoms. The van der Waals surface area contributed by atoms with Gasteiger partial charge in [-0.15, -0.1) is 0 Å². The van der Waals surface area contributed by atoms with E-state index in [-0.39, 0.29) is 6.04 Å². The van der Waals surface area contributed by atoms with Gasteiger partial charge in [-0.1, -0.05) is 37.9 Å². The summed E-state index contributed by atoms with van der Waals surface area (Å²) in [5, 5.41) is 0. The van der Waals surface area contributed by atoms with Crippen LogP contribution in [0.3, 0.4) is 0 Å². The number of aromatic nitrogens is 1. The van der Waals surface area contributed by atoms with Gasteiger partial charge >= 0.3 is 0 Å². The third-order valence-corrected chi connectivity index (χ3v) is 3.75. The first-order valence-corrected chi connectivity index (χ1v) is 6.85. The van der Waals surface area contributed by atoms with Crippen LogP contribution in [-0.2, 0) is 6.42 Å². The van der Waals surface area contributed by atoms with Crippen LogP contribution in [0.4, 0.5) is 0 Å². The molecule has 2 nitrogen and oxygen atoms in total. The van der Waals surface area contributed by atoms with Gasteiger partial charge in [0, 0.05) is 27.4 Å². The molecule has 1 aromatic heterocycles. The second-order valence-electron chi connectivity index (χ2n) is 3.84. The van der Waals surface area contributed by atoms with Crippen LogP contribution >= 0.6 is 31.9 Å². The number of nitrogens with two attached hydrogens (primary N) is 1. The lowest BCUT2D eigenvalue weighted by Gasteiger charge is -2.14. The standard InChI is InChI=1S/C13H12Br2N2/c14-10-3-4-12(15)11(7-10)13(16)6-9-2-1-5-17-8-9/h1-5,7-8,13H,6,16H2. The van der Waals surface area contributed by atoms with Crippen LogP contribution in [0.25, 0.3) is 0 Å². The largest absolute Gasteiger partial charge is 0.324 e. The molecule has 2 N–H and O–H groups in total. The predicted molar refractivity (Wildman–Crippen MR) is 76.7 cm³/mol. The Balaban J connectivity index is 2.20. The van der Waals surface area contributed by atoms with Crippen LogP contribution in [-0.4, -0.2) is 4.98 Å². The lowest BCUT2D eigenvalue weighted by molar-refractivity contribution is 0.715. The summed E-state index contributed by atoms with van der Waals surface area (Å²) >= 11 is 6.99. The molecule has 1 atom stereocenters. The van der Waals surface area contributed by atoms with E-state index in [4.69, 9.17) is 5.73 Å². The first-order chi connectivity index (χ1) is 8.16. The summed E-state index contributed by atoms with van der Waals surface area (Å²) in [6.45, 7) is 0. The third-order valence-electron chi connectivity index (χ3n) is 2.54. The van der Waals surface area contributed by atoms with Gasteiger partial charge in [-0.05, 0) is 41.8 Å². The summed E-state index contributed by atoms with van der Waals surface area (Å²) in [6.07, 6.45) is 4.40. The molecular weight excluding hydrogens is 344 g/mol. The van der Waals surface area contributed by atoms with E-state index in [1.54, 1.807) is 6.20 Å². The highest BCUT2D eigenvalue weighted by atomic mass is 79.9. The van der Waals surface area contributed by atoms with Crippen LogP contribution in [0.5, 0.6) is 0 Å². The SMILES string of the molecule is NC(Cc1cccnc1)c1cc(Br)ccc1Br. The molecule has 0 spiro atoms. The molecule has 0 aliphatic heterocycles. The van der Waals surface area contributed by atoms with E-state index in [1.807, 2.05) is 36.5 Å². The minimum atomic E-state index is -0.0360. The van der Waals surface area contributed by atoms with E-state index in [9.17, 15) is 0 Å². The fraction of sp³-hybridized carbons (Fsp3) is 0.154. The number of benzene rings is 1. The quantitative estimate of drug-likeness (QED) is 0.908. The molecule has 0 aliphatic carbocycles. The van der Waals surface area contributed by atoms with Crippen LogP contribution in [0.2, 0.25) is 0 Å². The van der Waals surface area contributed by atoms with Crippen molar-refractivity contribution in [2.75, 3.05) is 0 Å². The molecule has 0 radical (unpaired) electrons. The second kappa shape index (κ2) is 5.76. The Labute approximate surface area is 118 Å². The monoisotopic (exact) mass is 354 g/mol. The van der Waals surface area contributed by atoms with Crippen molar-refractivity contribution < 1.29 is 0 Å². The first-order valence-electron chi connectivity index (χ1n) is 5.26. The maximum absolute atomic E-state index is 6.22. The number of pyridine rings is 1. The lowest BCUT2D eigenvalue weighted by Crippen LogP contribution is -2.14. The van der Waals surface area contributed by atoms with E-state index in [2.05, 4.69) is 36.8 Å². The average Bonchev–Trinajstić information content (AvgIpc) is 2.33. The molecule has 0 aliphatic rings. The number of rotatable bonds is 3. The average molecular weight is 356 g/mol. The van der Waals surface area contributed by atoms with Gasteiger partial charge in [0.25, 0.3) is 0 Å². The molecule has 88 valence electrons. The number of nitrogens with zero attached hydrogens (tertiary/aromatic N) is 1. The maximum Gasteiger partial charge on any atom is 0.0347 e. The fourth-order valence-corrected chi connectivity index (χ4v) is 2.60. The Kier molecular flexibility index (Phi) is 4.31. The first kappa shape index (κ1) is 12.7. The maximum atomic E-state index is 6.22. The summed E-state index contributed by atoms with van der Waals surface area (Å²) < 4.78 is 2.08. The third kappa shape index (κ3) is 3.37. The molecule has 0 saturated heterocycles. The normalized spacial score (nSPS) is 12.4. The van der Waals surface area contributed by atoms with Crippen molar-refractivity contribution in [2.45, 2.75) is 12.5 Å². The second-order valence-corrected chi connectivity index (χ2v) is 5.61. The summed E-state index contributed by atoms with van der Waals surface area (Å²) in [6, 6.07) is 9.97. The molecule has 1 heterocycles. The highest BCUT2D eigenvalue weighted by Crippen LogP contribution is 2.27. The Hall–Kier alpha value is -0.710. The van der Waals surface area contributed by atoms with Crippen molar-refractivity contribution >= 4 is 31.9 Å². The molecular formula is C13H12Br2N2. The molecule has 0 saturated carbocycles. The Morgan fingerprint density at radius 2 is 2.06 bits per heavy atom. The Morgan fingerprint density at radius 1 is 1.24 bits per heavy atom. The molecule has 0 fully saturated rings. The van der Waals surface area contributed by atoms with Gasteiger partial charge < -0.3 is 5.73 Å². The zero-order valence-corrected chi connectivity index (χ0v) is 12.3. The molecule has 1 unspecified atom stereocenters. The minimum absolute atomic E-state index is 0.0360. The summed E-state index contributed by atoms with van der Waals surface area (Å²) in [4.78, 5) is 4.09. The predicted octanol–water partition coefficient (Wildman–Crippen LogP) is 3.85. The van der Waals surface area contributed by atoms with E-state index in [0.29, 0.717) is 0 Å². The molecule has 2 aromatic rings. The molecule has 0 amide bonds. The van der Waals surface area contributed by atoms with E-state index in [0.717, 1.165) is 26.5 Å². The van der Waals surface area contributed by atoms with Gasteiger partial charge in [-0.25, -0.2) is 0 Å². The van der Waals surface area contributed by atoms with Gasteiger partial charge in [0.15, 0.2) is 0 Å². The van der Waals surface area contributed by atoms with Gasteiger partial charge in [0.05, 0.1) is 0 Å². The zero-order chi connectivity index (χ0) is 12.3. The van der Waals surface area contributed by atoms with Crippen molar-refractivity contribution in [3.63, 3.8) is 0 Å². The fourth-order valence-electron chi connectivity index (χ4n) is 1.68. The van der Waals surface area contributed by atoms with E-state index >= 15 is 0 Å². The molecule has 17 heavy (non-hydrogen) atoms. The number of hydrogen-bond acceptors (Lipinski definition) is 2. The molecule has 2 rings (SSSR count). The minimum Gasteiger partial charge on any atom is -0.324 e. The molecule has 0 bridgehead atoms. The van der Waals surface area contributed by atoms with E-state index in [1.165, 1.54) is 0 Å². The summed E-state index contributed by atoms with van der Waals surface area (Å²) in [5.41, 5.74) is 8.46. The topological polar surface area (TPSA) is 38.9 Å². The van der Waals surface area contributed by atoms with Gasteiger partial charge in [0.1, 0.15) is 0 Å². The van der Waals surface area contributed by atoms with Crippen LogP contribution < -0.4 is 5.73 Å². The smallest absolute Gasteiger partial charge is 0.0347 e. The lowest BCUT2D eigenvalue weighted by atomic mass is 10.0. The Morgan fingerprint density at radius 3 is 2.76 bits per heavy atom. The zero-order valence-electron chi connectivity index (χ0n) is 9.11. The van der Waals surface area contributed by atoms with Crippen molar-refractivity contribution in [1.82, 2.24) is 4.98 Å². The van der Waals surface area contributed by atoms with Crippen molar-refractivity contribution in [2.24, 2.45) is 5.73 Å². The molecule has 1 aromatic carbocycles. The summed E-state index contributed by atoms with van der Waals surface area (Å²) in [7, 11) is 0. The van der Waals surface area contributed by atoms with Crippen molar-refractivity contribution in [3.8, 4) is 0 Å². The van der Waals surface area contributed by atoms with Crippen LogP contribution in [0.15, 0.2) is 51.7 Å². The number of halogens is 2. The van der Waals surface area contributed by atoms with Gasteiger partial charge in [0.2, 0.25) is 0 Å². The highest BCUT2D eigenvalue weighted by molar-refractivity contribution is 9.11. The van der Waals surface area contributed by atoms with Crippen molar-refractivity contribution in [1.29, 1.82) is 0 Å². The summed E-state index contributed by atoms with van der Waals surface area (Å²) in [5.74, 6) is 0. The van der Waals surface area contributed by atoms with Crippen molar-refractivity contribution in [3.05, 3.63) is 62.8 Å². The van der Waals surface area contributed by atoms with Gasteiger partial charge in [-0.3, -0.25) is 4.98 Å². The van der Waals surface area contributed by atoms with Crippen LogP contribution in [0, 0.1) is 0 Å². The van der Waals surface area contributed by atoms with Gasteiger partial charge in [-0.2, -0.15) is 0 Å². The highest BCUT2D eigenvalue weighted by Gasteiger charge is 2.11. The number of hydrogen-bond donors (Lipinski definition) is 1. The van der Waals surface area contributed by atoms with E-state index < -0.39 is 0 Å².